The van der Waals surface area contributed by atoms with Crippen molar-refractivity contribution in [2.24, 2.45) is 0 Å². The summed E-state index contributed by atoms with van der Waals surface area (Å²) >= 11 is 0. The van der Waals surface area contributed by atoms with Gasteiger partial charge < -0.3 is 14.5 Å². The number of rotatable bonds is 6. The molecule has 25 heavy (non-hydrogen) atoms. The third-order valence-corrected chi connectivity index (χ3v) is 4.43. The van der Waals surface area contributed by atoms with Gasteiger partial charge in [0.2, 0.25) is 0 Å². The van der Waals surface area contributed by atoms with Gasteiger partial charge in [0.15, 0.2) is 11.5 Å². The van der Waals surface area contributed by atoms with E-state index in [1.165, 1.54) is 0 Å². The Balaban J connectivity index is 1.62. The van der Waals surface area contributed by atoms with Crippen molar-refractivity contribution in [3.63, 3.8) is 0 Å². The molecule has 1 atom stereocenters. The average Bonchev–Trinajstić information content (AvgIpc) is 3.08. The number of aliphatic hydroxyl groups excluding tert-OH is 1. The molecular weight excluding hydrogens is 320 g/mol. The first-order valence-electron chi connectivity index (χ1n) is 8.70. The lowest BCUT2D eigenvalue weighted by atomic mass is 10.1. The van der Waals surface area contributed by atoms with Crippen LogP contribution >= 0.6 is 0 Å². The summed E-state index contributed by atoms with van der Waals surface area (Å²) < 4.78 is 5.34. The molecule has 7 heteroatoms. The van der Waals surface area contributed by atoms with E-state index >= 15 is 0 Å². The Morgan fingerprint density at radius 1 is 1.44 bits per heavy atom. The van der Waals surface area contributed by atoms with Crippen molar-refractivity contribution < 1.29 is 14.4 Å². The normalized spacial score (nSPS) is 18.2. The molecule has 3 heterocycles. The first kappa shape index (κ1) is 17.6. The molecule has 2 aromatic heterocycles. The Bertz CT molecular complexity index is 689. The molecule has 1 aliphatic heterocycles. The van der Waals surface area contributed by atoms with Gasteiger partial charge in [-0.3, -0.25) is 14.7 Å². The average molecular weight is 344 g/mol. The lowest BCUT2D eigenvalue weighted by Crippen LogP contribution is -2.37. The van der Waals surface area contributed by atoms with Crippen LogP contribution in [-0.4, -0.2) is 56.7 Å². The standard InChI is InChI=1S/C18H24N4O3/c1-2-22(11-14-5-7-19-8-6-14)18(24)17-10-16(25-20-17)13-21-9-3-4-15(23)12-21/h5-8,10,15,23H,2-4,9,11-13H2,1H3/t15-/m0/s1. The lowest BCUT2D eigenvalue weighted by Gasteiger charge is -2.28. The number of nitrogens with zero attached hydrogens (tertiary/aromatic N) is 4. The van der Waals surface area contributed by atoms with E-state index in [1.54, 1.807) is 23.4 Å². The van der Waals surface area contributed by atoms with E-state index in [0.29, 0.717) is 37.6 Å². The maximum Gasteiger partial charge on any atom is 0.276 e. The minimum atomic E-state index is -0.284. The Hall–Kier alpha value is -2.25. The fraction of sp³-hybridized carbons (Fsp3) is 0.500. The summed E-state index contributed by atoms with van der Waals surface area (Å²) in [7, 11) is 0. The number of carbonyl (C=O) groups excluding carboxylic acids is 1. The molecule has 1 saturated heterocycles. The Morgan fingerprint density at radius 2 is 2.24 bits per heavy atom. The van der Waals surface area contributed by atoms with Crippen LogP contribution in [0.5, 0.6) is 0 Å². The van der Waals surface area contributed by atoms with Crippen LogP contribution in [0.2, 0.25) is 0 Å². The summed E-state index contributed by atoms with van der Waals surface area (Å²) in [6.45, 7) is 5.15. The summed E-state index contributed by atoms with van der Waals surface area (Å²) in [5, 5.41) is 13.7. The molecule has 0 aliphatic carbocycles. The van der Waals surface area contributed by atoms with Crippen molar-refractivity contribution in [3.05, 3.63) is 47.6 Å². The molecule has 0 unspecified atom stereocenters. The van der Waals surface area contributed by atoms with Gasteiger partial charge in [0.25, 0.3) is 5.91 Å². The fourth-order valence-corrected chi connectivity index (χ4v) is 3.08. The van der Waals surface area contributed by atoms with Crippen molar-refractivity contribution in [2.45, 2.75) is 39.0 Å². The number of hydrogen-bond donors (Lipinski definition) is 1. The topological polar surface area (TPSA) is 82.7 Å². The lowest BCUT2D eigenvalue weighted by molar-refractivity contribution is 0.0622. The molecule has 134 valence electrons. The second-order valence-corrected chi connectivity index (χ2v) is 6.38. The van der Waals surface area contributed by atoms with Crippen molar-refractivity contribution in [2.75, 3.05) is 19.6 Å². The fourth-order valence-electron chi connectivity index (χ4n) is 3.08. The van der Waals surface area contributed by atoms with Crippen LogP contribution in [0.25, 0.3) is 0 Å². The number of pyridine rings is 1. The number of β-amino-alcohol motifs (C(OH)–C–C–N with tert-alkyl or cyclic N) is 1. The molecular formula is C18H24N4O3. The zero-order chi connectivity index (χ0) is 17.6. The Kier molecular flexibility index (Phi) is 5.78. The molecule has 0 radical (unpaired) electrons. The van der Waals surface area contributed by atoms with Crippen molar-refractivity contribution in [3.8, 4) is 0 Å². The SMILES string of the molecule is CCN(Cc1ccncc1)C(=O)c1cc(CN2CCC[C@H](O)C2)on1. The quantitative estimate of drug-likeness (QED) is 0.859. The zero-order valence-corrected chi connectivity index (χ0v) is 14.5. The van der Waals surface area contributed by atoms with Gasteiger partial charge in [-0.05, 0) is 44.0 Å². The summed E-state index contributed by atoms with van der Waals surface area (Å²) in [5.41, 5.74) is 1.35. The molecule has 1 N–H and O–H groups in total. The van der Waals surface area contributed by atoms with E-state index in [4.69, 9.17) is 4.52 Å². The molecule has 0 aromatic carbocycles. The highest BCUT2D eigenvalue weighted by Gasteiger charge is 2.22. The van der Waals surface area contributed by atoms with E-state index in [1.807, 2.05) is 19.1 Å². The zero-order valence-electron chi connectivity index (χ0n) is 14.5. The van der Waals surface area contributed by atoms with E-state index in [9.17, 15) is 9.90 Å². The van der Waals surface area contributed by atoms with Crippen LogP contribution in [0.15, 0.2) is 35.1 Å². The molecule has 1 amide bonds. The van der Waals surface area contributed by atoms with Crippen molar-refractivity contribution in [1.82, 2.24) is 19.9 Å². The molecule has 2 aromatic rings. The van der Waals surface area contributed by atoms with Crippen molar-refractivity contribution >= 4 is 5.91 Å². The molecule has 0 bridgehead atoms. The number of aromatic nitrogens is 2. The van der Waals surface area contributed by atoms with Gasteiger partial charge in [0.05, 0.1) is 12.6 Å². The summed E-state index contributed by atoms with van der Waals surface area (Å²) in [6.07, 6.45) is 4.96. The highest BCUT2D eigenvalue weighted by molar-refractivity contribution is 5.92. The molecule has 1 fully saturated rings. The molecule has 0 saturated carbocycles. The number of hydrogen-bond acceptors (Lipinski definition) is 6. The van der Waals surface area contributed by atoms with Gasteiger partial charge in [-0.2, -0.15) is 0 Å². The van der Waals surface area contributed by atoms with Gasteiger partial charge in [-0.15, -0.1) is 0 Å². The highest BCUT2D eigenvalue weighted by Crippen LogP contribution is 2.16. The first-order chi connectivity index (χ1) is 12.2. The van der Waals surface area contributed by atoms with E-state index in [0.717, 1.165) is 24.9 Å². The molecule has 3 rings (SSSR count). The van der Waals surface area contributed by atoms with Gasteiger partial charge in [0, 0.05) is 38.1 Å². The highest BCUT2D eigenvalue weighted by atomic mass is 16.5. The smallest absolute Gasteiger partial charge is 0.276 e. The monoisotopic (exact) mass is 344 g/mol. The summed E-state index contributed by atoms with van der Waals surface area (Å²) in [4.78, 5) is 20.5. The van der Waals surface area contributed by atoms with Crippen LogP contribution < -0.4 is 0 Å². The van der Waals surface area contributed by atoms with Crippen LogP contribution in [0.3, 0.4) is 0 Å². The number of likely N-dealkylation sites (tertiary alicyclic amines) is 1. The number of aliphatic hydroxyl groups is 1. The van der Waals surface area contributed by atoms with Gasteiger partial charge in [-0.1, -0.05) is 5.16 Å². The summed E-state index contributed by atoms with van der Waals surface area (Å²) in [6, 6.07) is 5.50. The van der Waals surface area contributed by atoms with E-state index < -0.39 is 0 Å². The molecule has 7 nitrogen and oxygen atoms in total. The second kappa shape index (κ2) is 8.22. The number of piperidine rings is 1. The molecule has 0 spiro atoms. The van der Waals surface area contributed by atoms with Crippen molar-refractivity contribution in [1.29, 1.82) is 0 Å². The van der Waals surface area contributed by atoms with Crippen LogP contribution in [0.4, 0.5) is 0 Å². The minimum Gasteiger partial charge on any atom is -0.392 e. The van der Waals surface area contributed by atoms with E-state index in [-0.39, 0.29) is 12.0 Å². The van der Waals surface area contributed by atoms with Gasteiger partial charge in [0.1, 0.15) is 0 Å². The molecule has 1 aliphatic rings. The second-order valence-electron chi connectivity index (χ2n) is 6.38. The predicted octanol–water partition coefficient (Wildman–Crippen LogP) is 1.69. The largest absolute Gasteiger partial charge is 0.392 e. The maximum atomic E-state index is 12.7. The third-order valence-electron chi connectivity index (χ3n) is 4.43. The van der Waals surface area contributed by atoms with E-state index in [2.05, 4.69) is 15.0 Å². The van der Waals surface area contributed by atoms with Crippen LogP contribution in [0, 0.1) is 0 Å². The summed E-state index contributed by atoms with van der Waals surface area (Å²) in [5.74, 6) is 0.505. The Morgan fingerprint density at radius 3 is 2.96 bits per heavy atom. The number of amides is 1. The van der Waals surface area contributed by atoms with Gasteiger partial charge in [-0.25, -0.2) is 0 Å². The first-order valence-corrected chi connectivity index (χ1v) is 8.70. The van der Waals surface area contributed by atoms with Gasteiger partial charge >= 0.3 is 0 Å². The van der Waals surface area contributed by atoms with Crippen LogP contribution in [-0.2, 0) is 13.1 Å². The van der Waals surface area contributed by atoms with Crippen LogP contribution in [0.1, 0.15) is 41.6 Å². The Labute approximate surface area is 147 Å². The maximum absolute atomic E-state index is 12.7. The minimum absolute atomic E-state index is 0.145. The number of carbonyl (C=O) groups is 1. The third kappa shape index (κ3) is 4.64. The predicted molar refractivity (Wildman–Crippen MR) is 91.7 cm³/mol.